The highest BCUT2D eigenvalue weighted by Crippen LogP contribution is 2.64. The van der Waals surface area contributed by atoms with E-state index in [0.717, 1.165) is 13.8 Å². The predicted molar refractivity (Wildman–Crippen MR) is 223 cm³/mol. The number of aliphatic hydroxyl groups excluding tert-OH is 2. The molecule has 0 unspecified atom stereocenters. The van der Waals surface area contributed by atoms with Crippen LogP contribution in [0.5, 0.6) is 0 Å². The summed E-state index contributed by atoms with van der Waals surface area (Å²) in [4.78, 5) is 83.6. The number of nitrogens with one attached hydrogen (secondary N) is 1. The number of amides is 1. The van der Waals surface area contributed by atoms with Crippen LogP contribution in [0.4, 0.5) is 0 Å². The van der Waals surface area contributed by atoms with Crippen LogP contribution in [-0.2, 0) is 42.9 Å². The van der Waals surface area contributed by atoms with E-state index in [4.69, 9.17) is 35.3 Å². The van der Waals surface area contributed by atoms with Crippen molar-refractivity contribution >= 4 is 47.2 Å². The molecule has 2 bridgehead atoms. The number of carbonyl (C=O) groups excluding carboxylic acids is 6. The summed E-state index contributed by atoms with van der Waals surface area (Å²) in [5, 5.41) is 40.5. The summed E-state index contributed by atoms with van der Waals surface area (Å²) < 4.78 is 30.3. The topological polar surface area (TPSA) is 221 Å². The second-order valence-corrected chi connectivity index (χ2v) is 17.9. The fourth-order valence-corrected chi connectivity index (χ4v) is 10.4. The number of benzene rings is 3. The standard InChI is InChI=1S/C47H50ClNO14/c1-24-31(61-43(57)36(53)35(27-14-9-7-10-15-27)49-41(55)28-16-11-8-12-17-28)22-47(58)40(62-42(56)29-18-13-19-30(48)20-29)38-45(6,32(52)21-33-46(38,23-59-33)63-26(3)51)39(54)37(60-25(2)50)34(24)44(47,4)5/h7-20,31-33,35-38,40,52-53,58H,21-23H2,1-6H3,(H,49,55)/t31-,32-,33+,35-,36+,37+,38-,40-,45+,46-,47+/m0/s1. The van der Waals surface area contributed by atoms with E-state index in [9.17, 15) is 39.3 Å². The van der Waals surface area contributed by atoms with Crippen LogP contribution in [-0.4, -0.2) is 105 Å². The minimum absolute atomic E-state index is 0.0232. The lowest BCUT2D eigenvalue weighted by molar-refractivity contribution is -0.346. The van der Waals surface area contributed by atoms with Gasteiger partial charge in [0.05, 0.1) is 35.6 Å². The predicted octanol–water partition coefficient (Wildman–Crippen LogP) is 4.39. The lowest BCUT2D eigenvalue weighted by Crippen LogP contribution is -2.82. The Morgan fingerprint density at radius 3 is 2.10 bits per heavy atom. The Morgan fingerprint density at radius 2 is 1.51 bits per heavy atom. The van der Waals surface area contributed by atoms with Crippen LogP contribution in [0.1, 0.15) is 86.7 Å². The molecule has 1 aliphatic heterocycles. The van der Waals surface area contributed by atoms with Crippen LogP contribution in [0.3, 0.4) is 0 Å². The number of ketones is 1. The van der Waals surface area contributed by atoms with Crippen LogP contribution in [0.25, 0.3) is 0 Å². The van der Waals surface area contributed by atoms with E-state index < -0.39 is 113 Å². The van der Waals surface area contributed by atoms with E-state index >= 15 is 4.79 Å². The third kappa shape index (κ3) is 7.73. The lowest BCUT2D eigenvalue weighted by Gasteiger charge is -2.67. The zero-order valence-electron chi connectivity index (χ0n) is 35.5. The van der Waals surface area contributed by atoms with Gasteiger partial charge < -0.3 is 44.3 Å². The van der Waals surface area contributed by atoms with Crippen LogP contribution in [0.2, 0.25) is 5.02 Å². The molecule has 0 aromatic heterocycles. The van der Waals surface area contributed by atoms with Gasteiger partial charge in [0.1, 0.15) is 23.9 Å². The molecule has 0 radical (unpaired) electrons. The maximum atomic E-state index is 15.5. The quantitative estimate of drug-likeness (QED) is 0.126. The average molecular weight is 888 g/mol. The largest absolute Gasteiger partial charge is 0.456 e. The smallest absolute Gasteiger partial charge is 0.338 e. The van der Waals surface area contributed by atoms with E-state index in [1.165, 1.54) is 38.1 Å². The Bertz CT molecular complexity index is 2350. The monoisotopic (exact) mass is 887 g/mol. The SMILES string of the molecule is CC(=O)O[C@H]1C(=O)[C@@]2(C)[C@H]([C@H](OC(=O)c3cccc(Cl)c3)[C@]3(O)C[C@H](OC(=O)[C@H](O)[C@@H](NC(=O)c4ccccc4)c4ccccc4)C(C)=C1C3(C)C)[C@]1(OC(C)=O)CO[C@@H]1C[C@@H]2O. The van der Waals surface area contributed by atoms with Gasteiger partial charge in [0, 0.05) is 42.7 Å². The number of hydrogen-bond donors (Lipinski definition) is 4. The van der Waals surface area contributed by atoms with E-state index in [0.29, 0.717) is 5.56 Å². The molecule has 3 aromatic rings. The molecule has 11 atom stereocenters. The van der Waals surface area contributed by atoms with Crippen molar-refractivity contribution in [2.24, 2.45) is 16.7 Å². The second kappa shape index (κ2) is 16.9. The molecule has 0 spiro atoms. The summed E-state index contributed by atoms with van der Waals surface area (Å²) in [6.07, 6.45) is -10.7. The third-order valence-corrected chi connectivity index (χ3v) is 13.8. The zero-order chi connectivity index (χ0) is 45.8. The number of ether oxygens (including phenoxy) is 5. The summed E-state index contributed by atoms with van der Waals surface area (Å²) >= 11 is 6.28. The number of halogens is 1. The maximum Gasteiger partial charge on any atom is 0.338 e. The number of esters is 4. The molecule has 1 amide bonds. The summed E-state index contributed by atoms with van der Waals surface area (Å²) in [5.74, 6) is -7.03. The molecule has 16 heteroatoms. The van der Waals surface area contributed by atoms with Gasteiger partial charge in [-0.3, -0.25) is 19.2 Å². The molecule has 63 heavy (non-hydrogen) atoms. The second-order valence-electron chi connectivity index (χ2n) is 17.5. The van der Waals surface area contributed by atoms with Crippen molar-refractivity contribution in [3.8, 4) is 0 Å². The fraction of sp³-hybridized carbons (Fsp3) is 0.447. The van der Waals surface area contributed by atoms with Gasteiger partial charge in [0.15, 0.2) is 23.6 Å². The van der Waals surface area contributed by atoms with Gasteiger partial charge in [-0.25, -0.2) is 9.59 Å². The first-order chi connectivity index (χ1) is 29.7. The molecule has 7 rings (SSSR count). The Hall–Kier alpha value is -5.45. The van der Waals surface area contributed by atoms with Crippen molar-refractivity contribution in [3.63, 3.8) is 0 Å². The molecular formula is C47H50ClNO14. The first-order valence-corrected chi connectivity index (χ1v) is 21.0. The first-order valence-electron chi connectivity index (χ1n) is 20.6. The Labute approximate surface area is 368 Å². The Morgan fingerprint density at radius 1 is 0.873 bits per heavy atom. The van der Waals surface area contributed by atoms with Gasteiger partial charge in [-0.2, -0.15) is 0 Å². The Balaban J connectivity index is 1.39. The summed E-state index contributed by atoms with van der Waals surface area (Å²) in [5.41, 5.74) is -7.32. The highest BCUT2D eigenvalue weighted by molar-refractivity contribution is 6.30. The summed E-state index contributed by atoms with van der Waals surface area (Å²) in [7, 11) is 0. The number of hydrogen-bond acceptors (Lipinski definition) is 14. The van der Waals surface area contributed by atoms with Crippen LogP contribution < -0.4 is 5.32 Å². The van der Waals surface area contributed by atoms with Crippen molar-refractivity contribution < 1.29 is 67.8 Å². The number of aliphatic hydroxyl groups is 3. The van der Waals surface area contributed by atoms with Gasteiger partial charge in [0.25, 0.3) is 5.91 Å². The molecule has 3 fully saturated rings. The summed E-state index contributed by atoms with van der Waals surface area (Å²) in [6, 6.07) is 20.8. The average Bonchev–Trinajstić information content (AvgIpc) is 3.23. The van der Waals surface area contributed by atoms with Crippen molar-refractivity contribution in [1.29, 1.82) is 0 Å². The molecule has 15 nitrogen and oxygen atoms in total. The normalized spacial score (nSPS) is 31.6. The molecular weight excluding hydrogens is 838 g/mol. The van der Waals surface area contributed by atoms with Crippen molar-refractivity contribution in [2.45, 2.75) is 108 Å². The van der Waals surface area contributed by atoms with E-state index in [-0.39, 0.29) is 40.3 Å². The third-order valence-electron chi connectivity index (χ3n) is 13.5. The van der Waals surface area contributed by atoms with E-state index in [2.05, 4.69) is 5.32 Å². The van der Waals surface area contributed by atoms with Gasteiger partial charge in [0.2, 0.25) is 0 Å². The maximum absolute atomic E-state index is 15.5. The lowest BCUT2D eigenvalue weighted by atomic mass is 9.44. The minimum Gasteiger partial charge on any atom is -0.456 e. The summed E-state index contributed by atoms with van der Waals surface area (Å²) in [6.45, 7) is 7.87. The molecule has 1 heterocycles. The molecule has 334 valence electrons. The van der Waals surface area contributed by atoms with Gasteiger partial charge in [-0.15, -0.1) is 0 Å². The first kappa shape index (κ1) is 45.6. The Kier molecular flexibility index (Phi) is 12.2. The zero-order valence-corrected chi connectivity index (χ0v) is 36.3. The molecule has 4 N–H and O–H groups in total. The number of rotatable bonds is 10. The molecule has 4 aliphatic rings. The van der Waals surface area contributed by atoms with E-state index in [1.54, 1.807) is 74.5 Å². The highest BCUT2D eigenvalue weighted by Gasteiger charge is 2.78. The molecule has 3 aliphatic carbocycles. The molecule has 2 saturated carbocycles. The molecule has 1 saturated heterocycles. The van der Waals surface area contributed by atoms with Gasteiger partial charge >= 0.3 is 23.9 Å². The number of Topliss-reactive ketones (excluding diaryl/α,β-unsaturated/α-hetero) is 1. The van der Waals surface area contributed by atoms with Crippen LogP contribution in [0.15, 0.2) is 96.1 Å². The highest BCUT2D eigenvalue weighted by atomic mass is 35.5. The van der Waals surface area contributed by atoms with Crippen LogP contribution >= 0.6 is 11.6 Å². The number of fused-ring (bicyclic) bond motifs is 5. The van der Waals surface area contributed by atoms with E-state index in [1.807, 2.05) is 0 Å². The van der Waals surface area contributed by atoms with Crippen molar-refractivity contribution in [2.75, 3.05) is 6.61 Å². The number of carbonyl (C=O) groups is 6. The van der Waals surface area contributed by atoms with Crippen molar-refractivity contribution in [3.05, 3.63) is 118 Å². The van der Waals surface area contributed by atoms with Gasteiger partial charge in [-0.1, -0.05) is 80.0 Å². The van der Waals surface area contributed by atoms with Crippen LogP contribution in [0, 0.1) is 16.7 Å². The minimum atomic E-state index is -2.43. The van der Waals surface area contributed by atoms with Crippen molar-refractivity contribution in [1.82, 2.24) is 5.32 Å². The molecule has 3 aromatic carbocycles. The fourth-order valence-electron chi connectivity index (χ4n) is 10.2. The van der Waals surface area contributed by atoms with Gasteiger partial charge in [-0.05, 0) is 60.9 Å².